The number of esters is 1. The van der Waals surface area contributed by atoms with Crippen molar-refractivity contribution in [1.82, 2.24) is 9.99 Å². The zero-order valence-corrected chi connectivity index (χ0v) is 20.2. The molecular weight excluding hydrogens is 502 g/mol. The standard InChI is InChI=1S/C25H16ClN5O4S/c1-34-20-12-14(8-9-19(20)35-24(33)16-6-2-3-7-18(16)26)11-17-21(27)31-25(29-22(17)32)36-23(30-31)15-5-4-10-28-13-15/h2-13,27H,1H3. The van der Waals surface area contributed by atoms with E-state index in [9.17, 15) is 9.59 Å². The first-order chi connectivity index (χ1) is 17.4. The fourth-order valence-electron chi connectivity index (χ4n) is 3.40. The van der Waals surface area contributed by atoms with Crippen LogP contribution in [0.3, 0.4) is 0 Å². The van der Waals surface area contributed by atoms with Crippen LogP contribution in [0.15, 0.2) is 82.7 Å². The van der Waals surface area contributed by atoms with Crippen molar-refractivity contribution in [2.75, 3.05) is 7.11 Å². The van der Waals surface area contributed by atoms with Gasteiger partial charge in [-0.3, -0.25) is 15.2 Å². The Bertz CT molecular complexity index is 1500. The van der Waals surface area contributed by atoms with Crippen molar-refractivity contribution in [2.45, 2.75) is 0 Å². The SMILES string of the molecule is COc1cc(C=C2C(=N)N3N=C(c4cccnc4)SC3=NC2=O)ccc1OC(=O)c1ccccc1Cl. The van der Waals surface area contributed by atoms with Crippen LogP contribution in [0.5, 0.6) is 11.5 Å². The average molecular weight is 518 g/mol. The number of aromatic nitrogens is 1. The number of benzene rings is 2. The number of hydrazone groups is 1. The van der Waals surface area contributed by atoms with E-state index in [0.717, 1.165) is 5.56 Å². The van der Waals surface area contributed by atoms with Crippen LogP contribution in [0, 0.1) is 5.41 Å². The molecule has 0 unspecified atom stereocenters. The zero-order chi connectivity index (χ0) is 25.2. The fourth-order valence-corrected chi connectivity index (χ4v) is 4.50. The number of hydrogen-bond donors (Lipinski definition) is 1. The Hall–Kier alpha value is -4.28. The number of aliphatic imine (C=N–C) groups is 1. The predicted octanol–water partition coefficient (Wildman–Crippen LogP) is 4.63. The zero-order valence-electron chi connectivity index (χ0n) is 18.6. The van der Waals surface area contributed by atoms with Crippen LogP contribution in [0.2, 0.25) is 5.02 Å². The Morgan fingerprint density at radius 3 is 2.72 bits per heavy atom. The molecule has 11 heteroatoms. The van der Waals surface area contributed by atoms with Crippen molar-refractivity contribution >= 4 is 57.4 Å². The first-order valence-electron chi connectivity index (χ1n) is 10.5. The molecule has 2 aliphatic heterocycles. The molecule has 0 radical (unpaired) electrons. The quantitative estimate of drug-likeness (QED) is 0.298. The van der Waals surface area contributed by atoms with Gasteiger partial charge in [0.25, 0.3) is 5.91 Å². The van der Waals surface area contributed by atoms with Gasteiger partial charge in [0.15, 0.2) is 17.3 Å². The number of hydrogen-bond acceptors (Lipinski definition) is 8. The van der Waals surface area contributed by atoms with Gasteiger partial charge in [0.1, 0.15) is 5.04 Å². The van der Waals surface area contributed by atoms with Gasteiger partial charge in [0, 0.05) is 18.0 Å². The molecule has 1 N–H and O–H groups in total. The summed E-state index contributed by atoms with van der Waals surface area (Å²) in [7, 11) is 1.43. The maximum absolute atomic E-state index is 12.7. The number of amidine groups is 2. The van der Waals surface area contributed by atoms with Crippen LogP contribution < -0.4 is 9.47 Å². The van der Waals surface area contributed by atoms with Gasteiger partial charge in [-0.1, -0.05) is 29.8 Å². The van der Waals surface area contributed by atoms with Crippen LogP contribution >= 0.6 is 23.4 Å². The van der Waals surface area contributed by atoms with Gasteiger partial charge in [-0.15, -0.1) is 0 Å². The molecule has 0 fully saturated rings. The number of methoxy groups -OCH3 is 1. The van der Waals surface area contributed by atoms with Crippen molar-refractivity contribution in [2.24, 2.45) is 10.1 Å². The minimum Gasteiger partial charge on any atom is -0.493 e. The molecule has 5 rings (SSSR count). The van der Waals surface area contributed by atoms with Crippen molar-refractivity contribution in [3.05, 3.63) is 94.3 Å². The number of ether oxygens (including phenoxy) is 2. The summed E-state index contributed by atoms with van der Waals surface area (Å²) >= 11 is 7.28. The molecular formula is C25H16ClN5O4S. The Morgan fingerprint density at radius 2 is 1.97 bits per heavy atom. The highest BCUT2D eigenvalue weighted by Crippen LogP contribution is 2.33. The number of fused-ring (bicyclic) bond motifs is 1. The van der Waals surface area contributed by atoms with E-state index in [1.807, 2.05) is 6.07 Å². The third-order valence-electron chi connectivity index (χ3n) is 5.16. The molecule has 3 aromatic rings. The smallest absolute Gasteiger partial charge is 0.345 e. The summed E-state index contributed by atoms with van der Waals surface area (Å²) < 4.78 is 10.8. The third-order valence-corrected chi connectivity index (χ3v) is 6.45. The van der Waals surface area contributed by atoms with E-state index in [0.29, 0.717) is 15.8 Å². The van der Waals surface area contributed by atoms with E-state index in [4.69, 9.17) is 26.5 Å². The van der Waals surface area contributed by atoms with Crippen LogP contribution in [-0.2, 0) is 4.79 Å². The Balaban J connectivity index is 1.40. The van der Waals surface area contributed by atoms with Gasteiger partial charge in [0.2, 0.25) is 5.17 Å². The summed E-state index contributed by atoms with van der Waals surface area (Å²) in [6.45, 7) is 0. The summed E-state index contributed by atoms with van der Waals surface area (Å²) in [6.07, 6.45) is 4.81. The third kappa shape index (κ3) is 4.51. The lowest BCUT2D eigenvalue weighted by atomic mass is 10.1. The predicted molar refractivity (Wildman–Crippen MR) is 138 cm³/mol. The topological polar surface area (TPSA) is 117 Å². The molecule has 0 bridgehead atoms. The van der Waals surface area contributed by atoms with E-state index in [-0.39, 0.29) is 33.5 Å². The molecule has 2 aromatic carbocycles. The van der Waals surface area contributed by atoms with Gasteiger partial charge in [0.05, 0.1) is 23.3 Å². The van der Waals surface area contributed by atoms with Gasteiger partial charge >= 0.3 is 5.97 Å². The average Bonchev–Trinajstić information content (AvgIpc) is 3.32. The first kappa shape index (κ1) is 23.5. The fraction of sp³-hybridized carbons (Fsp3) is 0.0400. The maximum Gasteiger partial charge on any atom is 0.345 e. The highest BCUT2D eigenvalue weighted by molar-refractivity contribution is 8.27. The summed E-state index contributed by atoms with van der Waals surface area (Å²) in [5.74, 6) is -0.863. The van der Waals surface area contributed by atoms with E-state index in [2.05, 4.69) is 15.1 Å². The number of nitrogens with zero attached hydrogens (tertiary/aromatic N) is 4. The second kappa shape index (κ2) is 9.76. The minimum atomic E-state index is -0.634. The number of carbonyl (C=O) groups is 2. The Kier molecular flexibility index (Phi) is 6.36. The summed E-state index contributed by atoms with van der Waals surface area (Å²) in [6, 6.07) is 14.9. The number of halogens is 1. The van der Waals surface area contributed by atoms with Crippen LogP contribution in [0.4, 0.5) is 0 Å². The van der Waals surface area contributed by atoms with Crippen molar-refractivity contribution in [3.8, 4) is 11.5 Å². The molecule has 9 nitrogen and oxygen atoms in total. The molecule has 0 aliphatic carbocycles. The Morgan fingerprint density at radius 1 is 1.14 bits per heavy atom. The Labute approximate surface area is 214 Å². The molecule has 3 heterocycles. The largest absolute Gasteiger partial charge is 0.493 e. The highest BCUT2D eigenvalue weighted by atomic mass is 35.5. The van der Waals surface area contributed by atoms with Crippen LogP contribution in [0.25, 0.3) is 6.08 Å². The van der Waals surface area contributed by atoms with E-state index in [1.165, 1.54) is 36.0 Å². The lowest BCUT2D eigenvalue weighted by molar-refractivity contribution is -0.114. The van der Waals surface area contributed by atoms with Crippen molar-refractivity contribution < 1.29 is 19.1 Å². The second-order valence-corrected chi connectivity index (χ2v) is 8.81. The minimum absolute atomic E-state index is 0.0541. The molecule has 0 saturated heterocycles. The summed E-state index contributed by atoms with van der Waals surface area (Å²) in [4.78, 5) is 33.5. The number of pyridine rings is 1. The molecule has 0 saturated carbocycles. The number of thioether (sulfide) groups is 1. The monoisotopic (exact) mass is 517 g/mol. The number of rotatable bonds is 5. The van der Waals surface area contributed by atoms with Gasteiger partial charge in [-0.25, -0.2) is 4.79 Å². The van der Waals surface area contributed by atoms with Gasteiger partial charge in [-0.2, -0.15) is 15.1 Å². The maximum atomic E-state index is 12.7. The first-order valence-corrected chi connectivity index (χ1v) is 11.7. The number of nitrogens with one attached hydrogen (secondary N) is 1. The van der Waals surface area contributed by atoms with Gasteiger partial charge in [-0.05, 0) is 59.8 Å². The van der Waals surface area contributed by atoms with Crippen LogP contribution in [-0.4, -0.2) is 45.0 Å². The second-order valence-electron chi connectivity index (χ2n) is 7.45. The van der Waals surface area contributed by atoms with Crippen molar-refractivity contribution in [3.63, 3.8) is 0 Å². The van der Waals surface area contributed by atoms with E-state index >= 15 is 0 Å². The molecule has 36 heavy (non-hydrogen) atoms. The molecule has 2 aliphatic rings. The normalized spacial score (nSPS) is 15.9. The lowest BCUT2D eigenvalue weighted by Crippen LogP contribution is -2.35. The molecule has 178 valence electrons. The molecule has 1 amide bonds. The molecule has 1 aromatic heterocycles. The van der Waals surface area contributed by atoms with Crippen molar-refractivity contribution in [1.29, 1.82) is 5.41 Å². The molecule has 0 atom stereocenters. The molecule has 0 spiro atoms. The summed E-state index contributed by atoms with van der Waals surface area (Å²) in [5.41, 5.74) is 1.58. The van der Waals surface area contributed by atoms with Crippen LogP contribution in [0.1, 0.15) is 21.5 Å². The highest BCUT2D eigenvalue weighted by Gasteiger charge is 2.36. The summed E-state index contributed by atoms with van der Waals surface area (Å²) in [5, 5.41) is 15.5. The lowest BCUT2D eigenvalue weighted by Gasteiger charge is -2.20. The number of carbonyl (C=O) groups excluding carboxylic acids is 2. The van der Waals surface area contributed by atoms with E-state index in [1.54, 1.807) is 54.9 Å². The number of amides is 1. The van der Waals surface area contributed by atoms with Gasteiger partial charge < -0.3 is 9.47 Å². The van der Waals surface area contributed by atoms with E-state index < -0.39 is 11.9 Å².